The highest BCUT2D eigenvalue weighted by Crippen LogP contribution is 2.22. The molecule has 2 aromatic rings. The lowest BCUT2D eigenvalue weighted by Crippen LogP contribution is -2.25. The van der Waals surface area contributed by atoms with Gasteiger partial charge in [-0.2, -0.15) is 15.0 Å². The van der Waals surface area contributed by atoms with Crippen LogP contribution in [-0.4, -0.2) is 28.0 Å². The first-order valence-corrected chi connectivity index (χ1v) is 7.65. The Morgan fingerprint density at radius 3 is 2.62 bits per heavy atom. The van der Waals surface area contributed by atoms with Gasteiger partial charge in [0, 0.05) is 16.7 Å². The Kier molecular flexibility index (Phi) is 5.51. The van der Waals surface area contributed by atoms with Crippen LogP contribution in [0, 0.1) is 3.57 Å². The van der Waals surface area contributed by atoms with E-state index in [1.807, 2.05) is 43.0 Å². The topological polar surface area (TPSA) is 89.2 Å². The molecule has 1 aromatic carbocycles. The summed E-state index contributed by atoms with van der Waals surface area (Å²) >= 11 is 2.22. The number of benzene rings is 1. The van der Waals surface area contributed by atoms with E-state index in [1.165, 1.54) is 0 Å². The molecule has 1 heterocycles. The molecule has 0 aliphatic carbocycles. The third kappa shape index (κ3) is 4.14. The monoisotopic (exact) mass is 400 g/mol. The minimum atomic E-state index is 0.210. The van der Waals surface area contributed by atoms with Gasteiger partial charge in [-0.1, -0.05) is 6.07 Å². The van der Waals surface area contributed by atoms with Gasteiger partial charge in [-0.05, 0) is 54.6 Å². The predicted octanol–water partition coefficient (Wildman–Crippen LogP) is 2.40. The summed E-state index contributed by atoms with van der Waals surface area (Å²) in [6, 6.07) is 7.85. The first kappa shape index (κ1) is 15.7. The van der Waals surface area contributed by atoms with Crippen molar-refractivity contribution >= 4 is 34.5 Å². The van der Waals surface area contributed by atoms with Crippen molar-refractivity contribution in [1.82, 2.24) is 15.0 Å². The van der Waals surface area contributed by atoms with Crippen molar-refractivity contribution in [2.75, 3.05) is 23.4 Å². The van der Waals surface area contributed by atoms with Gasteiger partial charge in [0.2, 0.25) is 11.9 Å². The zero-order valence-electron chi connectivity index (χ0n) is 11.9. The van der Waals surface area contributed by atoms with Crippen LogP contribution in [-0.2, 0) is 0 Å². The predicted molar refractivity (Wildman–Crippen MR) is 90.4 cm³/mol. The lowest BCUT2D eigenvalue weighted by molar-refractivity contribution is 0.439. The number of nitrogens with two attached hydrogens (primary N) is 1. The Bertz CT molecular complexity index is 605. The molecule has 0 fully saturated rings. The number of ether oxygens (including phenoxy) is 1. The molecule has 2 rings (SSSR count). The number of halogens is 1. The van der Waals surface area contributed by atoms with Crippen LogP contribution in [0.25, 0.3) is 0 Å². The van der Waals surface area contributed by atoms with Gasteiger partial charge in [0.15, 0.2) is 0 Å². The van der Waals surface area contributed by atoms with Crippen LogP contribution in [0.15, 0.2) is 24.3 Å². The van der Waals surface area contributed by atoms with Gasteiger partial charge in [-0.3, -0.25) is 5.43 Å². The van der Waals surface area contributed by atoms with Crippen molar-refractivity contribution in [1.29, 1.82) is 0 Å². The SMILES string of the molecule is CCN(CC)c1nc(NN)nc(Oc2cccc(I)c2)n1. The van der Waals surface area contributed by atoms with Gasteiger partial charge in [0.05, 0.1) is 0 Å². The molecule has 3 N–H and O–H groups in total. The third-order valence-electron chi connectivity index (χ3n) is 2.78. The van der Waals surface area contributed by atoms with E-state index in [4.69, 9.17) is 10.6 Å². The van der Waals surface area contributed by atoms with Gasteiger partial charge >= 0.3 is 6.01 Å². The number of nitrogen functional groups attached to an aromatic ring is 1. The number of hydrogen-bond donors (Lipinski definition) is 2. The van der Waals surface area contributed by atoms with Crippen LogP contribution in [0.3, 0.4) is 0 Å². The summed E-state index contributed by atoms with van der Waals surface area (Å²) in [4.78, 5) is 14.7. The summed E-state index contributed by atoms with van der Waals surface area (Å²) in [6.45, 7) is 5.63. The number of nitrogens with zero attached hydrogens (tertiary/aromatic N) is 4. The van der Waals surface area contributed by atoms with E-state index in [1.54, 1.807) is 0 Å². The van der Waals surface area contributed by atoms with Crippen LogP contribution in [0.5, 0.6) is 11.8 Å². The van der Waals surface area contributed by atoms with E-state index in [9.17, 15) is 0 Å². The summed E-state index contributed by atoms with van der Waals surface area (Å²) < 4.78 is 6.76. The van der Waals surface area contributed by atoms with E-state index >= 15 is 0 Å². The summed E-state index contributed by atoms with van der Waals surface area (Å²) in [6.07, 6.45) is 0. The zero-order valence-corrected chi connectivity index (χ0v) is 14.0. The average molecular weight is 400 g/mol. The molecule has 0 bridgehead atoms. The number of aromatic nitrogens is 3. The highest BCUT2D eigenvalue weighted by atomic mass is 127. The second-order valence-corrected chi connectivity index (χ2v) is 5.36. The quantitative estimate of drug-likeness (QED) is 0.437. The van der Waals surface area contributed by atoms with E-state index in [2.05, 4.69) is 43.0 Å². The van der Waals surface area contributed by atoms with Crippen molar-refractivity contribution in [2.45, 2.75) is 13.8 Å². The molecule has 0 unspecified atom stereocenters. The number of anilines is 2. The third-order valence-corrected chi connectivity index (χ3v) is 3.45. The summed E-state index contributed by atoms with van der Waals surface area (Å²) in [5, 5.41) is 0. The van der Waals surface area contributed by atoms with Crippen LogP contribution >= 0.6 is 22.6 Å². The fourth-order valence-electron chi connectivity index (χ4n) is 1.74. The average Bonchev–Trinajstić information content (AvgIpc) is 2.48. The van der Waals surface area contributed by atoms with Gasteiger partial charge < -0.3 is 9.64 Å². The van der Waals surface area contributed by atoms with E-state index in [0.717, 1.165) is 16.7 Å². The van der Waals surface area contributed by atoms with Crippen LogP contribution < -0.4 is 20.9 Å². The smallest absolute Gasteiger partial charge is 0.328 e. The van der Waals surface area contributed by atoms with E-state index in [-0.39, 0.29) is 12.0 Å². The van der Waals surface area contributed by atoms with E-state index in [0.29, 0.717) is 11.7 Å². The molecule has 112 valence electrons. The van der Waals surface area contributed by atoms with Crippen LogP contribution in [0.4, 0.5) is 11.9 Å². The molecule has 0 aliphatic heterocycles. The van der Waals surface area contributed by atoms with Gasteiger partial charge in [-0.25, -0.2) is 5.84 Å². The lowest BCUT2D eigenvalue weighted by atomic mass is 10.3. The second-order valence-electron chi connectivity index (χ2n) is 4.12. The molecule has 0 aliphatic rings. The molecule has 0 atom stereocenters. The van der Waals surface area contributed by atoms with Gasteiger partial charge in [-0.15, -0.1) is 0 Å². The highest BCUT2D eigenvalue weighted by Gasteiger charge is 2.12. The molecule has 7 nitrogen and oxygen atoms in total. The molecule has 21 heavy (non-hydrogen) atoms. The Labute approximate surface area is 137 Å². The highest BCUT2D eigenvalue weighted by molar-refractivity contribution is 14.1. The molecule has 1 aromatic heterocycles. The van der Waals surface area contributed by atoms with Gasteiger partial charge in [0.1, 0.15) is 5.75 Å². The van der Waals surface area contributed by atoms with Crippen molar-refractivity contribution in [3.05, 3.63) is 27.8 Å². The van der Waals surface area contributed by atoms with E-state index < -0.39 is 0 Å². The first-order valence-electron chi connectivity index (χ1n) is 6.57. The standard InChI is InChI=1S/C13H17IN6O/c1-3-20(4-2)12-16-11(19-15)17-13(18-12)21-10-7-5-6-9(14)8-10/h5-8H,3-4,15H2,1-2H3,(H,16,17,18,19). The van der Waals surface area contributed by atoms with Crippen molar-refractivity contribution in [3.8, 4) is 11.8 Å². The molecule has 0 amide bonds. The summed E-state index contributed by atoms with van der Waals surface area (Å²) in [7, 11) is 0. The molecular weight excluding hydrogens is 383 g/mol. The lowest BCUT2D eigenvalue weighted by Gasteiger charge is -2.19. The molecule has 8 heteroatoms. The maximum atomic E-state index is 5.69. The Hall–Kier alpha value is -1.68. The van der Waals surface area contributed by atoms with Crippen LogP contribution in [0.2, 0.25) is 0 Å². The van der Waals surface area contributed by atoms with Crippen molar-refractivity contribution in [3.63, 3.8) is 0 Å². The van der Waals surface area contributed by atoms with Gasteiger partial charge in [0.25, 0.3) is 0 Å². The Balaban J connectivity index is 2.32. The molecule has 0 saturated heterocycles. The minimum Gasteiger partial charge on any atom is -0.424 e. The Morgan fingerprint density at radius 1 is 1.24 bits per heavy atom. The maximum absolute atomic E-state index is 5.69. The zero-order chi connectivity index (χ0) is 15.2. The first-order chi connectivity index (χ1) is 10.2. The number of hydrogen-bond acceptors (Lipinski definition) is 7. The summed E-state index contributed by atoms with van der Waals surface area (Å²) in [5.74, 6) is 6.88. The fourth-order valence-corrected chi connectivity index (χ4v) is 2.25. The normalized spacial score (nSPS) is 10.3. The number of nitrogens with one attached hydrogen (secondary N) is 1. The second kappa shape index (κ2) is 7.36. The molecule has 0 spiro atoms. The molecule has 0 radical (unpaired) electrons. The number of rotatable bonds is 6. The van der Waals surface area contributed by atoms with Crippen molar-refractivity contribution in [2.24, 2.45) is 5.84 Å². The van der Waals surface area contributed by atoms with Crippen LogP contribution in [0.1, 0.15) is 13.8 Å². The number of hydrazine groups is 1. The molecule has 0 saturated carbocycles. The fraction of sp³-hybridized carbons (Fsp3) is 0.308. The maximum Gasteiger partial charge on any atom is 0.328 e. The largest absolute Gasteiger partial charge is 0.424 e. The van der Waals surface area contributed by atoms with Crippen molar-refractivity contribution < 1.29 is 4.74 Å². The molecular formula is C13H17IN6O. The minimum absolute atomic E-state index is 0.210. The summed E-state index contributed by atoms with van der Waals surface area (Å²) in [5.41, 5.74) is 2.44. The Morgan fingerprint density at radius 2 is 2.00 bits per heavy atom.